The normalized spacial score (nSPS) is 15.0. The Hall–Kier alpha value is -0.143. The Bertz CT molecular complexity index is 948. The van der Waals surface area contributed by atoms with Crippen LogP contribution < -0.4 is 10.4 Å². The quantitative estimate of drug-likeness (QED) is 0.407. The zero-order chi connectivity index (χ0) is 12.7. The van der Waals surface area contributed by atoms with Gasteiger partial charge < -0.3 is 0 Å². The van der Waals surface area contributed by atoms with Gasteiger partial charge in [0.05, 0.1) is 11.7 Å². The summed E-state index contributed by atoms with van der Waals surface area (Å²) in [4.78, 5) is 2.36. The third-order valence-electron chi connectivity index (χ3n) is 2.89. The average Bonchev–Trinajstić information content (AvgIpc) is 3.19. The molecule has 0 aliphatic carbocycles. The van der Waals surface area contributed by atoms with Gasteiger partial charge in [-0.05, 0) is 24.3 Å². The van der Waals surface area contributed by atoms with Crippen LogP contribution in [-0.2, 0) is 0 Å². The Balaban J connectivity index is -0.000000202. The molecule has 0 saturated heterocycles. The second-order valence-corrected chi connectivity index (χ2v) is 6.24. The minimum absolute atomic E-state index is 0. The smallest absolute Gasteiger partial charge is 0.114 e. The van der Waals surface area contributed by atoms with E-state index in [1.165, 1.54) is 21.5 Å². The van der Waals surface area contributed by atoms with Crippen LogP contribution in [0.25, 0.3) is 20.8 Å². The molecule has 1 aromatic carbocycles. The predicted molar refractivity (Wildman–Crippen MR) is 135 cm³/mol. The van der Waals surface area contributed by atoms with Crippen molar-refractivity contribution in [3.05, 3.63) is 91.4 Å². The summed E-state index contributed by atoms with van der Waals surface area (Å²) in [6.45, 7) is 0. The predicted octanol–water partition coefficient (Wildman–Crippen LogP) is 4.37. The molecular weight excluding hydrogens is 602 g/mol. The molecule has 0 bridgehead atoms. The van der Waals surface area contributed by atoms with Gasteiger partial charge in [0.2, 0.25) is 0 Å². The van der Waals surface area contributed by atoms with E-state index in [1.807, 2.05) is 12.2 Å². The van der Waals surface area contributed by atoms with Crippen molar-refractivity contribution in [3.63, 3.8) is 0 Å². The summed E-state index contributed by atoms with van der Waals surface area (Å²) in [5.41, 5.74) is 1.96. The molecule has 0 atom stereocenters. The van der Waals surface area contributed by atoms with Gasteiger partial charge in [-0.15, -0.1) is 0 Å². The van der Waals surface area contributed by atoms with Crippen molar-refractivity contribution in [1.29, 1.82) is 0 Å². The van der Waals surface area contributed by atoms with Gasteiger partial charge in [0.25, 0.3) is 0 Å². The van der Waals surface area contributed by atoms with Crippen molar-refractivity contribution in [1.82, 2.24) is 8.75 Å². The molecule has 0 spiro atoms. The van der Waals surface area contributed by atoms with Gasteiger partial charge in [0.15, 0.2) is 0 Å². The first-order valence-corrected chi connectivity index (χ1v) is 7.97. The van der Waals surface area contributed by atoms with Crippen molar-refractivity contribution in [2.24, 2.45) is 0 Å². The number of rotatable bonds is 0. The van der Waals surface area contributed by atoms with Crippen LogP contribution in [0.2, 0.25) is 0 Å². The molecule has 140 valence electrons. The first-order chi connectivity index (χ1) is 9.43. The molecular formula is C20H24N2S3Sn2. The first kappa shape index (κ1) is 37.6. The Kier molecular flexibility index (Phi) is 23.4. The van der Waals surface area contributed by atoms with Crippen LogP contribution in [0.4, 0.5) is 0 Å². The van der Waals surface area contributed by atoms with Crippen LogP contribution in [0, 0.1) is 54.9 Å². The first-order valence-electron chi connectivity index (χ1n) is 5.61. The van der Waals surface area contributed by atoms with Crippen molar-refractivity contribution in [2.75, 3.05) is 0 Å². The molecule has 2 aliphatic rings. The van der Waals surface area contributed by atoms with Crippen molar-refractivity contribution < 1.29 is 0 Å². The summed E-state index contributed by atoms with van der Waals surface area (Å²) >= 11 is 4.48. The fourth-order valence-electron chi connectivity index (χ4n) is 2.04. The van der Waals surface area contributed by atoms with Gasteiger partial charge in [-0.2, -0.15) is 8.75 Å². The minimum atomic E-state index is 0. The zero-order valence-corrected chi connectivity index (χ0v) is 24.7. The summed E-state index contributed by atoms with van der Waals surface area (Å²) in [6.07, 6.45) is 8.01. The Morgan fingerprint density at radius 2 is 1.00 bits per heavy atom. The molecule has 4 rings (SSSR count). The van der Waals surface area contributed by atoms with E-state index in [2.05, 4.69) is 43.4 Å². The van der Waals surface area contributed by atoms with E-state index in [9.17, 15) is 0 Å². The molecule has 27 heavy (non-hydrogen) atoms. The van der Waals surface area contributed by atoms with Crippen LogP contribution in [0.1, 0.15) is 0 Å². The molecule has 3 heterocycles. The summed E-state index contributed by atoms with van der Waals surface area (Å²) in [5.74, 6) is 0. The van der Waals surface area contributed by atoms with Crippen LogP contribution in [-0.4, -0.2) is 56.6 Å². The molecule has 0 N–H and O–H groups in total. The molecule has 2 nitrogen and oxygen atoms in total. The molecule has 2 aromatic rings. The van der Waals surface area contributed by atoms with Gasteiger partial charge in [-0.1, -0.05) is 89.4 Å². The summed E-state index contributed by atoms with van der Waals surface area (Å²) < 4.78 is 8.93. The van der Waals surface area contributed by atoms with E-state index in [0.29, 0.717) is 0 Å². The number of hydrogen-bond donors (Lipinski definition) is 0. The molecule has 7 heteroatoms. The van der Waals surface area contributed by atoms with E-state index in [4.69, 9.17) is 0 Å². The average molecular weight is 626 g/mol. The van der Waals surface area contributed by atoms with Crippen LogP contribution in [0.5, 0.6) is 0 Å². The van der Waals surface area contributed by atoms with E-state index >= 15 is 0 Å². The Morgan fingerprint density at radius 1 is 0.630 bits per heavy atom. The van der Waals surface area contributed by atoms with E-state index < -0.39 is 0 Å². The number of nitrogens with zero attached hydrogens (tertiary/aromatic N) is 2. The van der Waals surface area contributed by atoms with E-state index in [0.717, 1.165) is 21.5 Å². The monoisotopic (exact) mass is 628 g/mol. The maximum absolute atomic E-state index is 4.46. The van der Waals surface area contributed by atoms with Gasteiger partial charge in [-0.25, -0.2) is 0 Å². The Morgan fingerprint density at radius 3 is 1.30 bits per heavy atom. The second-order valence-electron chi connectivity index (χ2n) is 3.96. The van der Waals surface area contributed by atoms with Crippen LogP contribution in [0.15, 0.2) is 36.4 Å². The van der Waals surface area contributed by atoms with Crippen molar-refractivity contribution >= 4 is 103 Å². The van der Waals surface area contributed by atoms with Gasteiger partial charge in [0, 0.05) is 68.1 Å². The third kappa shape index (κ3) is 7.31. The maximum atomic E-state index is 4.46. The molecule has 0 saturated carbocycles. The summed E-state index contributed by atoms with van der Waals surface area (Å²) in [7, 11) is 0. The maximum Gasteiger partial charge on any atom is 0.114 e. The second kappa shape index (κ2) is 16.8. The van der Waals surface area contributed by atoms with Crippen LogP contribution in [0.3, 0.4) is 0 Å². The zero-order valence-electron chi connectivity index (χ0n) is 16.6. The SMILES string of the molecule is C1#S/C(=c2/cc/c(=C3/C=CC#S3)c3nsnc23)C=C1.[CH3].[CH3].[CH3].[CH3].[CH3].[CH3].[Sn].[Sn]. The molecule has 0 unspecified atom stereocenters. The topological polar surface area (TPSA) is 25.8 Å². The number of aromatic nitrogens is 2. The molecule has 0 fully saturated rings. The number of fused-ring (bicyclic) bond motifs is 1. The van der Waals surface area contributed by atoms with Gasteiger partial charge in [-0.3, -0.25) is 0 Å². The summed E-state index contributed by atoms with van der Waals surface area (Å²) in [6, 6.07) is 4.25. The van der Waals surface area contributed by atoms with Crippen LogP contribution >= 0.6 is 34.1 Å². The van der Waals surface area contributed by atoms with Gasteiger partial charge >= 0.3 is 0 Å². The number of allylic oxidation sites excluding steroid dienone is 2. The molecule has 0 amide bonds. The molecule has 2 aliphatic heterocycles. The fourth-order valence-corrected chi connectivity index (χ4v) is 3.96. The van der Waals surface area contributed by atoms with Gasteiger partial charge in [0.1, 0.15) is 11.0 Å². The molecule has 14 radical (unpaired) electrons. The van der Waals surface area contributed by atoms with Crippen molar-refractivity contribution in [2.45, 2.75) is 0 Å². The largest absolute Gasteiger partial charge is 0.172 e. The van der Waals surface area contributed by atoms with E-state index in [1.54, 1.807) is 22.3 Å². The van der Waals surface area contributed by atoms with E-state index in [-0.39, 0.29) is 92.4 Å². The Labute approximate surface area is 211 Å². The minimum Gasteiger partial charge on any atom is -0.172 e. The standard InChI is InChI=1S/C14H6N2S3.6CH3.2Sn/c1-3-11(17-7-1)9-5-6-10(12-4-2-8-18-12)14-13(9)15-19-16-14;;;;;;;;/h1-6H;6*1H3;;/b11-9-,12-10+;;;;;;;;. The fraction of sp³-hybridized carbons (Fsp3) is 0. The number of benzene rings is 1. The molecule has 1 aromatic heterocycles. The van der Waals surface area contributed by atoms with Crippen molar-refractivity contribution in [3.8, 4) is 10.4 Å². The number of hydrogen-bond acceptors (Lipinski definition) is 3. The summed E-state index contributed by atoms with van der Waals surface area (Å²) in [5, 5.41) is 8.52. The third-order valence-corrected chi connectivity index (χ3v) is 5.08.